The summed E-state index contributed by atoms with van der Waals surface area (Å²) in [5, 5.41) is 10.5. The Balaban J connectivity index is 2.94. The number of aromatic nitrogens is 1. The molecule has 0 saturated heterocycles. The van der Waals surface area contributed by atoms with E-state index >= 15 is 0 Å². The van der Waals surface area contributed by atoms with Gasteiger partial charge in [0.2, 0.25) is 0 Å². The van der Waals surface area contributed by atoms with Crippen molar-refractivity contribution in [3.8, 4) is 5.75 Å². The highest BCUT2D eigenvalue weighted by atomic mass is 16.3. The molecule has 1 aromatic heterocycles. The number of rotatable bonds is 0. The number of benzene rings is 1. The Morgan fingerprint density at radius 3 is 2.77 bits per heavy atom. The number of phenols is 1. The lowest BCUT2D eigenvalue weighted by Crippen LogP contribution is -1.87. The minimum absolute atomic E-state index is 0.308. The van der Waals surface area contributed by atoms with Gasteiger partial charge in [-0.2, -0.15) is 0 Å². The summed E-state index contributed by atoms with van der Waals surface area (Å²) in [7, 11) is 0. The van der Waals surface area contributed by atoms with Crippen molar-refractivity contribution in [2.24, 2.45) is 0 Å². The Labute approximate surface area is 76.9 Å². The summed E-state index contributed by atoms with van der Waals surface area (Å²) < 4.78 is 0. The van der Waals surface area contributed by atoms with Crippen LogP contribution < -0.4 is 0 Å². The lowest BCUT2D eigenvalue weighted by Gasteiger charge is -2.04. The van der Waals surface area contributed by atoms with E-state index in [9.17, 15) is 5.11 Å². The molecular formula is C11H11NO. The van der Waals surface area contributed by atoms with Crippen LogP contribution in [-0.4, -0.2) is 10.1 Å². The molecule has 0 bridgehead atoms. The molecule has 2 heteroatoms. The highest BCUT2D eigenvalue weighted by Gasteiger charge is 2.03. The van der Waals surface area contributed by atoms with E-state index < -0.39 is 0 Å². The van der Waals surface area contributed by atoms with Crippen molar-refractivity contribution in [1.82, 2.24) is 4.98 Å². The van der Waals surface area contributed by atoms with E-state index in [-0.39, 0.29) is 0 Å². The summed E-state index contributed by atoms with van der Waals surface area (Å²) in [5.74, 6) is 0.308. The van der Waals surface area contributed by atoms with Gasteiger partial charge in [0.05, 0.1) is 5.52 Å². The number of phenolic OH excluding ortho intramolecular Hbond substituents is 1. The monoisotopic (exact) mass is 173 g/mol. The third-order valence-electron chi connectivity index (χ3n) is 2.14. The van der Waals surface area contributed by atoms with Gasteiger partial charge in [-0.05, 0) is 37.6 Å². The average molecular weight is 173 g/mol. The average Bonchev–Trinajstić information content (AvgIpc) is 2.02. The van der Waals surface area contributed by atoms with Gasteiger partial charge in [0.15, 0.2) is 0 Å². The number of nitrogens with zero attached hydrogens (tertiary/aromatic N) is 1. The number of fused-ring (bicyclic) bond motifs is 1. The first kappa shape index (κ1) is 8.05. The van der Waals surface area contributed by atoms with Gasteiger partial charge in [0.25, 0.3) is 0 Å². The first-order chi connectivity index (χ1) is 6.18. The minimum atomic E-state index is 0.308. The maximum absolute atomic E-state index is 9.60. The molecule has 0 radical (unpaired) electrons. The lowest BCUT2D eigenvalue weighted by molar-refractivity contribution is 0.481. The highest BCUT2D eigenvalue weighted by Crippen LogP contribution is 2.26. The summed E-state index contributed by atoms with van der Waals surface area (Å²) in [6, 6.07) is 7.38. The molecule has 0 saturated carbocycles. The molecule has 1 N–H and O–H groups in total. The zero-order valence-corrected chi connectivity index (χ0v) is 7.70. The molecule has 0 unspecified atom stereocenters. The Bertz CT molecular complexity index is 463. The van der Waals surface area contributed by atoms with Crippen molar-refractivity contribution in [2.45, 2.75) is 13.8 Å². The quantitative estimate of drug-likeness (QED) is 0.664. The fourth-order valence-electron chi connectivity index (χ4n) is 1.63. The van der Waals surface area contributed by atoms with E-state index in [1.54, 1.807) is 6.07 Å². The topological polar surface area (TPSA) is 33.1 Å². The van der Waals surface area contributed by atoms with Gasteiger partial charge in [-0.1, -0.05) is 6.07 Å². The van der Waals surface area contributed by atoms with Gasteiger partial charge < -0.3 is 5.11 Å². The summed E-state index contributed by atoms with van der Waals surface area (Å²) in [4.78, 5) is 4.34. The van der Waals surface area contributed by atoms with Crippen molar-refractivity contribution in [2.75, 3.05) is 0 Å². The normalized spacial score (nSPS) is 10.6. The van der Waals surface area contributed by atoms with Crippen LogP contribution in [0.2, 0.25) is 0 Å². The molecule has 0 aliphatic rings. The van der Waals surface area contributed by atoms with E-state index in [0.29, 0.717) is 5.75 Å². The summed E-state index contributed by atoms with van der Waals surface area (Å²) in [6.45, 7) is 3.94. The molecule has 1 heterocycles. The predicted molar refractivity (Wildman–Crippen MR) is 52.9 cm³/mol. The smallest absolute Gasteiger partial charge is 0.125 e. The van der Waals surface area contributed by atoms with Crippen molar-refractivity contribution in [1.29, 1.82) is 0 Å². The summed E-state index contributed by atoms with van der Waals surface area (Å²) in [5.41, 5.74) is 2.91. The van der Waals surface area contributed by atoms with Crippen LogP contribution in [0.3, 0.4) is 0 Å². The van der Waals surface area contributed by atoms with E-state index in [2.05, 4.69) is 4.98 Å². The molecule has 2 nitrogen and oxygen atoms in total. The largest absolute Gasteiger partial charge is 0.507 e. The fraction of sp³-hybridized carbons (Fsp3) is 0.182. The Hall–Kier alpha value is -1.57. The van der Waals surface area contributed by atoms with Crippen LogP contribution >= 0.6 is 0 Å². The van der Waals surface area contributed by atoms with Crippen molar-refractivity contribution in [3.63, 3.8) is 0 Å². The number of pyridine rings is 1. The second-order valence-electron chi connectivity index (χ2n) is 3.25. The van der Waals surface area contributed by atoms with E-state index in [1.807, 2.05) is 32.0 Å². The highest BCUT2D eigenvalue weighted by molar-refractivity contribution is 5.87. The van der Waals surface area contributed by atoms with Crippen LogP contribution in [0.1, 0.15) is 11.3 Å². The fourth-order valence-corrected chi connectivity index (χ4v) is 1.63. The van der Waals surface area contributed by atoms with Gasteiger partial charge in [-0.15, -0.1) is 0 Å². The number of hydrogen-bond donors (Lipinski definition) is 1. The molecule has 0 atom stereocenters. The zero-order valence-electron chi connectivity index (χ0n) is 7.70. The molecule has 66 valence electrons. The molecule has 0 amide bonds. The minimum Gasteiger partial charge on any atom is -0.507 e. The van der Waals surface area contributed by atoms with Crippen LogP contribution in [0.4, 0.5) is 0 Å². The second kappa shape index (κ2) is 2.73. The van der Waals surface area contributed by atoms with E-state index in [4.69, 9.17) is 0 Å². The van der Waals surface area contributed by atoms with Crippen molar-refractivity contribution < 1.29 is 5.11 Å². The Kier molecular flexibility index (Phi) is 1.69. The summed E-state index contributed by atoms with van der Waals surface area (Å²) >= 11 is 0. The summed E-state index contributed by atoms with van der Waals surface area (Å²) in [6.07, 6.45) is 0. The van der Waals surface area contributed by atoms with Gasteiger partial charge in [0.1, 0.15) is 5.75 Å². The van der Waals surface area contributed by atoms with Gasteiger partial charge >= 0.3 is 0 Å². The van der Waals surface area contributed by atoms with Gasteiger partial charge in [0, 0.05) is 11.1 Å². The van der Waals surface area contributed by atoms with Crippen LogP contribution in [0, 0.1) is 13.8 Å². The van der Waals surface area contributed by atoms with Crippen LogP contribution in [-0.2, 0) is 0 Å². The van der Waals surface area contributed by atoms with Crippen LogP contribution in [0.5, 0.6) is 5.75 Å². The molecule has 2 rings (SSSR count). The molecule has 0 aliphatic carbocycles. The molecule has 0 spiro atoms. The lowest BCUT2D eigenvalue weighted by atomic mass is 10.1. The second-order valence-corrected chi connectivity index (χ2v) is 3.25. The Morgan fingerprint density at radius 1 is 1.23 bits per heavy atom. The molecule has 1 aromatic carbocycles. The first-order valence-electron chi connectivity index (χ1n) is 4.24. The maximum Gasteiger partial charge on any atom is 0.125 e. The van der Waals surface area contributed by atoms with Crippen molar-refractivity contribution in [3.05, 3.63) is 35.5 Å². The molecular weight excluding hydrogens is 162 g/mol. The molecule has 0 aliphatic heterocycles. The van der Waals surface area contributed by atoms with E-state index in [0.717, 1.165) is 22.2 Å². The SMILES string of the molecule is Cc1cc(C)c2c(O)cccc2n1. The van der Waals surface area contributed by atoms with Crippen LogP contribution in [0.25, 0.3) is 10.9 Å². The third kappa shape index (κ3) is 1.24. The van der Waals surface area contributed by atoms with E-state index in [1.165, 1.54) is 0 Å². The molecule has 2 aromatic rings. The van der Waals surface area contributed by atoms with Gasteiger partial charge in [-0.25, -0.2) is 0 Å². The van der Waals surface area contributed by atoms with Crippen LogP contribution in [0.15, 0.2) is 24.3 Å². The number of aryl methyl sites for hydroxylation is 2. The molecule has 0 fully saturated rings. The standard InChI is InChI=1S/C11H11NO/c1-7-6-8(2)12-9-4-3-5-10(13)11(7)9/h3-6,13H,1-2H3. The predicted octanol–water partition coefficient (Wildman–Crippen LogP) is 2.56. The zero-order chi connectivity index (χ0) is 9.42. The third-order valence-corrected chi connectivity index (χ3v) is 2.14. The Morgan fingerprint density at radius 2 is 2.00 bits per heavy atom. The number of aromatic hydroxyl groups is 1. The van der Waals surface area contributed by atoms with Gasteiger partial charge in [-0.3, -0.25) is 4.98 Å². The van der Waals surface area contributed by atoms with Crippen molar-refractivity contribution >= 4 is 10.9 Å². The maximum atomic E-state index is 9.60. The first-order valence-corrected chi connectivity index (χ1v) is 4.24. The number of hydrogen-bond acceptors (Lipinski definition) is 2. The molecule has 13 heavy (non-hydrogen) atoms.